The van der Waals surface area contributed by atoms with E-state index in [1.807, 2.05) is 0 Å². The lowest BCUT2D eigenvalue weighted by atomic mass is 9.96. The van der Waals surface area contributed by atoms with Gasteiger partial charge in [0.05, 0.1) is 0 Å². The molecule has 2 N–H and O–H groups in total. The van der Waals surface area contributed by atoms with E-state index < -0.39 is 41.2 Å². The van der Waals surface area contributed by atoms with Crippen LogP contribution in [-0.2, 0) is 6.42 Å². The van der Waals surface area contributed by atoms with Gasteiger partial charge in [-0.1, -0.05) is 13.8 Å². The van der Waals surface area contributed by atoms with Crippen LogP contribution >= 0.6 is 0 Å². The van der Waals surface area contributed by atoms with Crippen molar-refractivity contribution in [2.24, 2.45) is 5.92 Å². The predicted molar refractivity (Wildman–Crippen MR) is 58.5 cm³/mol. The lowest BCUT2D eigenvalue weighted by Gasteiger charge is -2.14. The first kappa shape index (κ1) is 14.3. The summed E-state index contributed by atoms with van der Waals surface area (Å²) in [6.45, 7) is 1.88. The highest BCUT2D eigenvalue weighted by Gasteiger charge is 2.28. The summed E-state index contributed by atoms with van der Waals surface area (Å²) in [6.07, 6.45) is 0.0292. The number of rotatable bonds is 4. The number of phenolic OH excluding ortho intramolecular Hbond substituents is 2. The zero-order valence-electron chi connectivity index (χ0n) is 9.93. The Labute approximate surface area is 102 Å². The van der Waals surface area contributed by atoms with E-state index in [9.17, 15) is 28.2 Å². The number of benzene rings is 1. The smallest absolute Gasteiger partial charge is 0.201 e. The van der Waals surface area contributed by atoms with Gasteiger partial charge in [0.25, 0.3) is 0 Å². The second kappa shape index (κ2) is 5.29. The minimum atomic E-state index is -1.74. The Bertz CT molecular complexity index is 484. The van der Waals surface area contributed by atoms with E-state index in [0.29, 0.717) is 0 Å². The van der Waals surface area contributed by atoms with Gasteiger partial charge < -0.3 is 10.2 Å². The zero-order chi connectivity index (χ0) is 14.0. The highest BCUT2D eigenvalue weighted by atomic mass is 19.2. The molecule has 0 spiro atoms. The molecule has 0 aliphatic carbocycles. The van der Waals surface area contributed by atoms with E-state index in [1.165, 1.54) is 0 Å². The maximum atomic E-state index is 13.4. The summed E-state index contributed by atoms with van der Waals surface area (Å²) in [5, 5.41) is 19.1. The molecule has 100 valence electrons. The number of carbonyl (C=O) groups is 1. The number of aromatic hydroxyl groups is 2. The van der Waals surface area contributed by atoms with E-state index in [1.54, 1.807) is 13.8 Å². The van der Waals surface area contributed by atoms with E-state index in [4.69, 9.17) is 0 Å². The molecule has 1 rings (SSSR count). The van der Waals surface area contributed by atoms with Crippen molar-refractivity contribution in [1.82, 2.24) is 0 Å². The van der Waals surface area contributed by atoms with Gasteiger partial charge in [-0.3, -0.25) is 4.79 Å². The molecule has 0 saturated heterocycles. The molecule has 0 aromatic heterocycles. The fourth-order valence-electron chi connectivity index (χ4n) is 1.64. The molecule has 18 heavy (non-hydrogen) atoms. The normalized spacial score (nSPS) is 11.0. The summed E-state index contributed by atoms with van der Waals surface area (Å²) in [5.41, 5.74) is -1.34. The first-order valence-electron chi connectivity index (χ1n) is 5.32. The lowest BCUT2D eigenvalue weighted by Crippen LogP contribution is -2.10. The molecule has 1 aromatic carbocycles. The average Bonchev–Trinajstić information content (AvgIpc) is 2.31. The first-order valence-corrected chi connectivity index (χ1v) is 5.32. The highest BCUT2D eigenvalue weighted by Crippen LogP contribution is 2.37. The van der Waals surface area contributed by atoms with Gasteiger partial charge in [-0.05, 0) is 12.3 Å². The average molecular weight is 262 g/mol. The number of hydrogen-bond acceptors (Lipinski definition) is 3. The molecule has 0 bridgehead atoms. The molecule has 1 aromatic rings. The van der Waals surface area contributed by atoms with Gasteiger partial charge in [-0.15, -0.1) is 0 Å². The summed E-state index contributed by atoms with van der Waals surface area (Å²) in [5.74, 6) is -6.79. The molecule has 6 heteroatoms. The first-order chi connectivity index (χ1) is 8.31. The van der Waals surface area contributed by atoms with Crippen LogP contribution in [0.3, 0.4) is 0 Å². The maximum absolute atomic E-state index is 13.4. The van der Waals surface area contributed by atoms with Crippen LogP contribution in [0.25, 0.3) is 0 Å². The van der Waals surface area contributed by atoms with E-state index in [2.05, 4.69) is 0 Å². The Morgan fingerprint density at radius 2 is 1.72 bits per heavy atom. The third kappa shape index (κ3) is 2.42. The van der Waals surface area contributed by atoms with Gasteiger partial charge in [0, 0.05) is 5.56 Å². The van der Waals surface area contributed by atoms with Gasteiger partial charge in [-0.25, -0.2) is 8.78 Å². The molecule has 0 radical (unpaired) electrons. The fourth-order valence-corrected chi connectivity index (χ4v) is 1.64. The van der Waals surface area contributed by atoms with Crippen LogP contribution in [0.2, 0.25) is 0 Å². The number of alkyl halides is 1. The Morgan fingerprint density at radius 3 is 2.17 bits per heavy atom. The molecule has 0 unspecified atom stereocenters. The van der Waals surface area contributed by atoms with Crippen molar-refractivity contribution in [1.29, 1.82) is 0 Å². The SMILES string of the molecule is CC(C)Cc1c(O)c(F)c(F)c(C(=O)CF)c1O. The van der Waals surface area contributed by atoms with Crippen molar-refractivity contribution in [3.8, 4) is 11.5 Å². The number of ketones is 1. The van der Waals surface area contributed by atoms with Crippen molar-refractivity contribution >= 4 is 5.78 Å². The van der Waals surface area contributed by atoms with Crippen LogP contribution in [0.4, 0.5) is 13.2 Å². The van der Waals surface area contributed by atoms with Gasteiger partial charge in [0.1, 0.15) is 11.3 Å². The maximum Gasteiger partial charge on any atom is 0.201 e. The lowest BCUT2D eigenvalue weighted by molar-refractivity contribution is 0.0950. The molecule has 3 nitrogen and oxygen atoms in total. The molecule has 0 heterocycles. The van der Waals surface area contributed by atoms with Crippen LogP contribution in [0.1, 0.15) is 29.8 Å². The van der Waals surface area contributed by atoms with Crippen molar-refractivity contribution in [2.75, 3.05) is 6.67 Å². The van der Waals surface area contributed by atoms with Gasteiger partial charge in [0.2, 0.25) is 11.6 Å². The Kier molecular flexibility index (Phi) is 4.21. The second-order valence-corrected chi connectivity index (χ2v) is 4.33. The van der Waals surface area contributed by atoms with Gasteiger partial charge in [-0.2, -0.15) is 4.39 Å². The topological polar surface area (TPSA) is 57.5 Å². The molecule has 0 fully saturated rings. The third-order valence-corrected chi connectivity index (χ3v) is 2.44. The summed E-state index contributed by atoms with van der Waals surface area (Å²) in [6, 6.07) is 0. The number of hydrogen-bond donors (Lipinski definition) is 2. The number of Topliss-reactive ketones (excluding diaryl/α,β-unsaturated/α-hetero) is 1. The zero-order valence-corrected chi connectivity index (χ0v) is 9.93. The largest absolute Gasteiger partial charge is 0.507 e. The van der Waals surface area contributed by atoms with Crippen LogP contribution in [0, 0.1) is 17.6 Å². The second-order valence-electron chi connectivity index (χ2n) is 4.33. The summed E-state index contributed by atoms with van der Waals surface area (Å²) in [7, 11) is 0. The quantitative estimate of drug-likeness (QED) is 0.820. The van der Waals surface area contributed by atoms with Crippen molar-refractivity contribution < 1.29 is 28.2 Å². The van der Waals surface area contributed by atoms with Gasteiger partial charge in [0.15, 0.2) is 18.2 Å². The van der Waals surface area contributed by atoms with Crippen molar-refractivity contribution in [3.63, 3.8) is 0 Å². The van der Waals surface area contributed by atoms with Crippen molar-refractivity contribution in [3.05, 3.63) is 22.8 Å². The third-order valence-electron chi connectivity index (χ3n) is 2.44. The molecule has 0 aliphatic rings. The number of halogens is 3. The monoisotopic (exact) mass is 262 g/mol. The minimum absolute atomic E-state index is 0.0292. The summed E-state index contributed by atoms with van der Waals surface area (Å²) in [4.78, 5) is 11.1. The van der Waals surface area contributed by atoms with E-state index in [0.717, 1.165) is 0 Å². The Hall–Kier alpha value is -1.72. The molecule has 0 saturated carbocycles. The Balaban J connectivity index is 3.54. The van der Waals surface area contributed by atoms with E-state index >= 15 is 0 Å². The summed E-state index contributed by atoms with van der Waals surface area (Å²) >= 11 is 0. The molecule has 0 amide bonds. The molecule has 0 atom stereocenters. The predicted octanol–water partition coefficient (Wildman–Crippen LogP) is 2.73. The Morgan fingerprint density at radius 1 is 1.17 bits per heavy atom. The molecular weight excluding hydrogens is 249 g/mol. The van der Waals surface area contributed by atoms with Crippen LogP contribution < -0.4 is 0 Å². The van der Waals surface area contributed by atoms with Crippen LogP contribution in [-0.4, -0.2) is 22.7 Å². The molecule has 0 aliphatic heterocycles. The van der Waals surface area contributed by atoms with E-state index in [-0.39, 0.29) is 17.9 Å². The number of phenols is 2. The highest BCUT2D eigenvalue weighted by molar-refractivity contribution is 6.00. The molecular formula is C12H13F3O3. The van der Waals surface area contributed by atoms with Gasteiger partial charge >= 0.3 is 0 Å². The minimum Gasteiger partial charge on any atom is -0.507 e. The summed E-state index contributed by atoms with van der Waals surface area (Å²) < 4.78 is 39.0. The standard InChI is InChI=1S/C12H13F3O3/c1-5(2)3-6-11(17)8(7(16)4-13)9(14)10(15)12(6)18/h5,17-18H,3-4H2,1-2H3. The number of carbonyl (C=O) groups excluding carboxylic acids is 1. The van der Waals surface area contributed by atoms with Crippen molar-refractivity contribution in [2.45, 2.75) is 20.3 Å². The van der Waals surface area contributed by atoms with Crippen LogP contribution in [0.15, 0.2) is 0 Å². The van der Waals surface area contributed by atoms with Crippen LogP contribution in [0.5, 0.6) is 11.5 Å². The fraction of sp³-hybridized carbons (Fsp3) is 0.417.